The van der Waals surface area contributed by atoms with Crippen LogP contribution in [0, 0.1) is 0 Å². The predicted molar refractivity (Wildman–Crippen MR) is 88.0 cm³/mol. The molecule has 0 radical (unpaired) electrons. The third-order valence-electron chi connectivity index (χ3n) is 4.08. The van der Waals surface area contributed by atoms with E-state index in [1.807, 2.05) is 24.3 Å². The van der Waals surface area contributed by atoms with Crippen LogP contribution < -0.4 is 5.32 Å². The zero-order valence-corrected chi connectivity index (χ0v) is 13.7. The van der Waals surface area contributed by atoms with Crippen molar-refractivity contribution in [2.75, 3.05) is 0 Å². The number of hydrogen-bond acceptors (Lipinski definition) is 3. The largest absolute Gasteiger partial charge is 0.444 e. The zero-order chi connectivity index (χ0) is 14.5. The van der Waals surface area contributed by atoms with Gasteiger partial charge in [-0.2, -0.15) is 0 Å². The Kier molecular flexibility index (Phi) is 5.09. The van der Waals surface area contributed by atoms with Crippen LogP contribution in [0.25, 0.3) is 11.5 Å². The van der Waals surface area contributed by atoms with Gasteiger partial charge < -0.3 is 9.73 Å². The molecule has 0 amide bonds. The molecule has 0 spiro atoms. The van der Waals surface area contributed by atoms with E-state index in [0.29, 0.717) is 11.9 Å². The Morgan fingerprint density at radius 1 is 1.14 bits per heavy atom. The second kappa shape index (κ2) is 7.23. The summed E-state index contributed by atoms with van der Waals surface area (Å²) in [5.74, 6) is 0.681. The van der Waals surface area contributed by atoms with E-state index in [2.05, 4.69) is 26.2 Å². The summed E-state index contributed by atoms with van der Waals surface area (Å²) in [4.78, 5) is 4.59. The molecule has 3 nitrogen and oxygen atoms in total. The molecule has 0 aliphatic heterocycles. The first-order chi connectivity index (χ1) is 10.3. The summed E-state index contributed by atoms with van der Waals surface area (Å²) >= 11 is 3.54. The Balaban J connectivity index is 1.61. The molecule has 1 heterocycles. The van der Waals surface area contributed by atoms with Gasteiger partial charge >= 0.3 is 0 Å². The summed E-state index contributed by atoms with van der Waals surface area (Å²) in [5, 5.41) is 3.62. The van der Waals surface area contributed by atoms with Crippen molar-refractivity contribution in [2.45, 2.75) is 51.1 Å². The Morgan fingerprint density at radius 3 is 2.67 bits per heavy atom. The molecule has 1 aliphatic carbocycles. The molecule has 2 aromatic rings. The molecule has 0 bridgehead atoms. The Labute approximate surface area is 134 Å². The first-order valence-corrected chi connectivity index (χ1v) is 8.55. The number of nitrogens with one attached hydrogen (secondary N) is 1. The maximum atomic E-state index is 5.61. The minimum Gasteiger partial charge on any atom is -0.444 e. The van der Waals surface area contributed by atoms with Crippen molar-refractivity contribution in [3.63, 3.8) is 0 Å². The van der Waals surface area contributed by atoms with Crippen molar-refractivity contribution in [3.8, 4) is 11.5 Å². The second-order valence-corrected chi connectivity index (χ2v) is 6.55. The molecular weight excluding hydrogens is 328 g/mol. The number of halogens is 1. The molecule has 21 heavy (non-hydrogen) atoms. The SMILES string of the molecule is Brc1ccccc1-c1nc(CNC2CCCCCC2)co1. The van der Waals surface area contributed by atoms with Gasteiger partial charge in [-0.05, 0) is 40.9 Å². The fourth-order valence-electron chi connectivity index (χ4n) is 2.88. The van der Waals surface area contributed by atoms with Gasteiger partial charge in [0.05, 0.1) is 11.3 Å². The maximum absolute atomic E-state index is 5.61. The minimum atomic E-state index is 0.635. The summed E-state index contributed by atoms with van der Waals surface area (Å²) < 4.78 is 6.62. The van der Waals surface area contributed by atoms with Gasteiger partial charge in [-0.25, -0.2) is 4.98 Å². The lowest BCUT2D eigenvalue weighted by atomic mass is 10.1. The van der Waals surface area contributed by atoms with Gasteiger partial charge in [-0.1, -0.05) is 37.8 Å². The number of nitrogens with zero attached hydrogens (tertiary/aromatic N) is 1. The molecule has 0 atom stereocenters. The van der Waals surface area contributed by atoms with Crippen LogP contribution in [0.3, 0.4) is 0 Å². The molecule has 112 valence electrons. The highest BCUT2D eigenvalue weighted by Gasteiger charge is 2.13. The molecule has 4 heteroatoms. The van der Waals surface area contributed by atoms with E-state index in [0.717, 1.165) is 22.3 Å². The van der Waals surface area contributed by atoms with Crippen LogP contribution in [0.1, 0.15) is 44.2 Å². The molecule has 3 rings (SSSR count). The quantitative estimate of drug-likeness (QED) is 0.797. The van der Waals surface area contributed by atoms with Gasteiger partial charge in [-0.3, -0.25) is 0 Å². The first kappa shape index (κ1) is 14.8. The normalized spacial score (nSPS) is 16.8. The average molecular weight is 349 g/mol. The van der Waals surface area contributed by atoms with Crippen LogP contribution in [0.5, 0.6) is 0 Å². The monoisotopic (exact) mass is 348 g/mol. The van der Waals surface area contributed by atoms with Crippen LogP contribution in [0.2, 0.25) is 0 Å². The lowest BCUT2D eigenvalue weighted by molar-refractivity contribution is 0.455. The van der Waals surface area contributed by atoms with Crippen molar-refractivity contribution in [1.29, 1.82) is 0 Å². The lowest BCUT2D eigenvalue weighted by Gasteiger charge is -2.14. The molecule has 1 aliphatic rings. The van der Waals surface area contributed by atoms with Crippen molar-refractivity contribution >= 4 is 15.9 Å². The van der Waals surface area contributed by atoms with Gasteiger partial charge in [0.2, 0.25) is 5.89 Å². The fraction of sp³-hybridized carbons (Fsp3) is 0.471. The van der Waals surface area contributed by atoms with Crippen molar-refractivity contribution in [2.24, 2.45) is 0 Å². The van der Waals surface area contributed by atoms with Gasteiger partial charge in [0.25, 0.3) is 0 Å². The van der Waals surface area contributed by atoms with Crippen LogP contribution in [-0.4, -0.2) is 11.0 Å². The number of rotatable bonds is 4. The van der Waals surface area contributed by atoms with Crippen molar-refractivity contribution in [3.05, 3.63) is 40.7 Å². The number of aromatic nitrogens is 1. The molecule has 1 aromatic carbocycles. The molecule has 1 fully saturated rings. The standard InChI is InChI=1S/C17H21BrN2O/c18-16-10-6-5-9-15(16)17-20-14(12-21-17)11-19-13-7-3-1-2-4-8-13/h5-6,9-10,12-13,19H,1-4,7-8,11H2. The maximum Gasteiger partial charge on any atom is 0.227 e. The van der Waals surface area contributed by atoms with Crippen LogP contribution in [0.15, 0.2) is 39.4 Å². The summed E-state index contributed by atoms with van der Waals surface area (Å²) in [6, 6.07) is 8.64. The fourth-order valence-corrected chi connectivity index (χ4v) is 3.33. The molecule has 1 saturated carbocycles. The van der Waals surface area contributed by atoms with Crippen LogP contribution in [0.4, 0.5) is 0 Å². The van der Waals surface area contributed by atoms with Crippen LogP contribution in [-0.2, 0) is 6.54 Å². The smallest absolute Gasteiger partial charge is 0.227 e. The summed E-state index contributed by atoms with van der Waals surface area (Å²) in [6.07, 6.45) is 9.79. The van der Waals surface area contributed by atoms with Crippen molar-refractivity contribution < 1.29 is 4.42 Å². The highest BCUT2D eigenvalue weighted by atomic mass is 79.9. The first-order valence-electron chi connectivity index (χ1n) is 7.75. The number of hydrogen-bond donors (Lipinski definition) is 1. The van der Waals surface area contributed by atoms with E-state index in [9.17, 15) is 0 Å². The molecule has 0 unspecified atom stereocenters. The summed E-state index contributed by atoms with van der Waals surface area (Å²) in [5.41, 5.74) is 1.98. The Hall–Kier alpha value is -1.13. The van der Waals surface area contributed by atoms with Crippen molar-refractivity contribution in [1.82, 2.24) is 10.3 Å². The second-order valence-electron chi connectivity index (χ2n) is 5.69. The Bertz CT molecular complexity index is 574. The van der Waals surface area contributed by atoms with E-state index in [1.54, 1.807) is 6.26 Å². The van der Waals surface area contributed by atoms with E-state index in [-0.39, 0.29) is 0 Å². The topological polar surface area (TPSA) is 38.1 Å². The average Bonchev–Trinajstić information content (AvgIpc) is 2.81. The number of benzene rings is 1. The number of oxazole rings is 1. The van der Waals surface area contributed by atoms with E-state index in [1.165, 1.54) is 38.5 Å². The minimum absolute atomic E-state index is 0.635. The molecule has 1 aromatic heterocycles. The van der Waals surface area contributed by atoms with Gasteiger partial charge in [-0.15, -0.1) is 0 Å². The summed E-state index contributed by atoms with van der Waals surface area (Å²) in [6.45, 7) is 0.790. The van der Waals surface area contributed by atoms with E-state index >= 15 is 0 Å². The Morgan fingerprint density at radius 2 is 1.90 bits per heavy atom. The summed E-state index contributed by atoms with van der Waals surface area (Å²) in [7, 11) is 0. The zero-order valence-electron chi connectivity index (χ0n) is 12.1. The van der Waals surface area contributed by atoms with Crippen LogP contribution >= 0.6 is 15.9 Å². The third-order valence-corrected chi connectivity index (χ3v) is 4.77. The van der Waals surface area contributed by atoms with Gasteiger partial charge in [0.15, 0.2) is 0 Å². The highest BCUT2D eigenvalue weighted by molar-refractivity contribution is 9.10. The van der Waals surface area contributed by atoms with Gasteiger partial charge in [0.1, 0.15) is 6.26 Å². The van der Waals surface area contributed by atoms with E-state index < -0.39 is 0 Å². The molecule has 0 saturated heterocycles. The predicted octanol–water partition coefficient (Wildman–Crippen LogP) is 4.92. The molecule has 1 N–H and O–H groups in total. The third kappa shape index (κ3) is 3.95. The highest BCUT2D eigenvalue weighted by Crippen LogP contribution is 2.27. The van der Waals surface area contributed by atoms with E-state index in [4.69, 9.17) is 4.42 Å². The lowest BCUT2D eigenvalue weighted by Crippen LogP contribution is -2.27. The molecular formula is C17H21BrN2O. The van der Waals surface area contributed by atoms with Gasteiger partial charge in [0, 0.05) is 17.1 Å².